The van der Waals surface area contributed by atoms with Gasteiger partial charge in [-0.15, -0.1) is 12.4 Å². The lowest BCUT2D eigenvalue weighted by Crippen LogP contribution is -2.23. The van der Waals surface area contributed by atoms with Crippen molar-refractivity contribution in [1.29, 1.82) is 0 Å². The fraction of sp³-hybridized carbons (Fsp3) is 0.538. The molecule has 2 rings (SSSR count). The largest absolute Gasteiger partial charge is 0.416 e. The minimum absolute atomic E-state index is 0. The van der Waals surface area contributed by atoms with Gasteiger partial charge < -0.3 is 5.73 Å². The van der Waals surface area contributed by atoms with Crippen LogP contribution in [0.5, 0.6) is 0 Å². The summed E-state index contributed by atoms with van der Waals surface area (Å²) in [6.07, 6.45) is -0.896. The molecule has 1 atom stereocenters. The van der Waals surface area contributed by atoms with E-state index >= 15 is 0 Å². The zero-order valence-corrected chi connectivity index (χ0v) is 11.0. The molecule has 0 bridgehead atoms. The summed E-state index contributed by atoms with van der Waals surface area (Å²) in [7, 11) is 0. The van der Waals surface area contributed by atoms with Crippen molar-refractivity contribution < 1.29 is 17.6 Å². The van der Waals surface area contributed by atoms with Gasteiger partial charge in [-0.05, 0) is 42.5 Å². The second kappa shape index (κ2) is 6.09. The van der Waals surface area contributed by atoms with Gasteiger partial charge in [0.1, 0.15) is 5.82 Å². The zero-order chi connectivity index (χ0) is 13.3. The number of rotatable bonds is 2. The molecule has 0 amide bonds. The third kappa shape index (κ3) is 3.60. The van der Waals surface area contributed by atoms with E-state index < -0.39 is 23.6 Å². The maximum absolute atomic E-state index is 13.2. The minimum Gasteiger partial charge on any atom is -0.324 e. The fourth-order valence-corrected chi connectivity index (χ4v) is 2.64. The molecule has 1 aliphatic carbocycles. The normalized spacial score (nSPS) is 18.2. The van der Waals surface area contributed by atoms with Crippen LogP contribution >= 0.6 is 12.4 Å². The number of halogens is 5. The molecule has 6 heteroatoms. The van der Waals surface area contributed by atoms with Crippen molar-refractivity contribution in [2.75, 3.05) is 0 Å². The summed E-state index contributed by atoms with van der Waals surface area (Å²) in [6, 6.07) is 1.79. The molecule has 2 N–H and O–H groups in total. The highest BCUT2D eigenvalue weighted by molar-refractivity contribution is 5.85. The molecule has 0 aliphatic heterocycles. The maximum Gasteiger partial charge on any atom is 0.416 e. The predicted molar refractivity (Wildman–Crippen MR) is 67.5 cm³/mol. The first-order chi connectivity index (χ1) is 8.39. The van der Waals surface area contributed by atoms with Gasteiger partial charge in [-0.25, -0.2) is 4.39 Å². The van der Waals surface area contributed by atoms with E-state index in [0.717, 1.165) is 43.9 Å². The third-order valence-corrected chi connectivity index (χ3v) is 3.59. The van der Waals surface area contributed by atoms with E-state index in [9.17, 15) is 17.6 Å². The zero-order valence-electron chi connectivity index (χ0n) is 10.2. The Labute approximate surface area is 115 Å². The summed E-state index contributed by atoms with van der Waals surface area (Å²) in [5.74, 6) is -0.653. The highest BCUT2D eigenvalue weighted by atomic mass is 35.5. The standard InChI is InChI=1S/C13H15F4N.ClH/c14-9-5-6-11(13(15,16)17)10(7-9)12(18)8-3-1-2-4-8;/h5-8,12H,1-4,18H2;1H/t12-;/m1./s1. The Morgan fingerprint density at radius 2 is 1.74 bits per heavy atom. The second-order valence-electron chi connectivity index (χ2n) is 4.80. The number of benzene rings is 1. The van der Waals surface area contributed by atoms with Crippen LogP contribution in [-0.4, -0.2) is 0 Å². The van der Waals surface area contributed by atoms with Crippen LogP contribution in [0.4, 0.5) is 17.6 Å². The van der Waals surface area contributed by atoms with Crippen LogP contribution in [0.2, 0.25) is 0 Å². The van der Waals surface area contributed by atoms with Crippen LogP contribution in [0.15, 0.2) is 18.2 Å². The molecule has 0 unspecified atom stereocenters. The molecular weight excluding hydrogens is 282 g/mol. The van der Waals surface area contributed by atoms with Gasteiger partial charge in [0, 0.05) is 6.04 Å². The number of nitrogens with two attached hydrogens (primary N) is 1. The van der Waals surface area contributed by atoms with Crippen LogP contribution in [-0.2, 0) is 6.18 Å². The van der Waals surface area contributed by atoms with Gasteiger partial charge in [0.25, 0.3) is 0 Å². The quantitative estimate of drug-likeness (QED) is 0.802. The Hall–Kier alpha value is -0.810. The average Bonchev–Trinajstić information content (AvgIpc) is 2.79. The van der Waals surface area contributed by atoms with Gasteiger partial charge in [0.05, 0.1) is 5.56 Å². The summed E-state index contributed by atoms with van der Waals surface area (Å²) < 4.78 is 51.7. The lowest BCUT2D eigenvalue weighted by atomic mass is 9.89. The van der Waals surface area contributed by atoms with Crippen molar-refractivity contribution in [1.82, 2.24) is 0 Å². The van der Waals surface area contributed by atoms with E-state index in [-0.39, 0.29) is 23.9 Å². The van der Waals surface area contributed by atoms with Crippen molar-refractivity contribution in [3.8, 4) is 0 Å². The van der Waals surface area contributed by atoms with Crippen LogP contribution in [0.3, 0.4) is 0 Å². The molecule has 1 nitrogen and oxygen atoms in total. The molecule has 1 aromatic rings. The molecule has 1 aliphatic rings. The molecular formula is C13H16ClF4N. The summed E-state index contributed by atoms with van der Waals surface area (Å²) in [4.78, 5) is 0. The molecule has 1 aromatic carbocycles. The smallest absolute Gasteiger partial charge is 0.324 e. The average molecular weight is 298 g/mol. The molecule has 1 fully saturated rings. The first kappa shape index (κ1) is 16.2. The van der Waals surface area contributed by atoms with E-state index in [1.165, 1.54) is 0 Å². The van der Waals surface area contributed by atoms with Crippen molar-refractivity contribution in [3.05, 3.63) is 35.1 Å². The molecule has 0 spiro atoms. The van der Waals surface area contributed by atoms with E-state index in [2.05, 4.69) is 0 Å². The molecule has 108 valence electrons. The fourth-order valence-electron chi connectivity index (χ4n) is 2.64. The Bertz CT molecular complexity index is 427. The lowest BCUT2D eigenvalue weighted by molar-refractivity contribution is -0.138. The van der Waals surface area contributed by atoms with E-state index in [0.29, 0.717) is 0 Å². The van der Waals surface area contributed by atoms with Crippen LogP contribution in [0, 0.1) is 11.7 Å². The van der Waals surface area contributed by atoms with E-state index in [4.69, 9.17) is 5.73 Å². The number of alkyl halides is 3. The molecule has 19 heavy (non-hydrogen) atoms. The monoisotopic (exact) mass is 297 g/mol. The van der Waals surface area contributed by atoms with Gasteiger partial charge in [0.2, 0.25) is 0 Å². The van der Waals surface area contributed by atoms with Gasteiger partial charge in [-0.1, -0.05) is 12.8 Å². The van der Waals surface area contributed by atoms with Crippen molar-refractivity contribution in [3.63, 3.8) is 0 Å². The summed E-state index contributed by atoms with van der Waals surface area (Å²) >= 11 is 0. The van der Waals surface area contributed by atoms with Crippen LogP contribution in [0.25, 0.3) is 0 Å². The predicted octanol–water partition coefficient (Wildman–Crippen LogP) is 4.46. The first-order valence-electron chi connectivity index (χ1n) is 6.02. The Morgan fingerprint density at radius 1 is 1.16 bits per heavy atom. The summed E-state index contributed by atoms with van der Waals surface area (Å²) in [6.45, 7) is 0. The van der Waals surface area contributed by atoms with Crippen molar-refractivity contribution in [2.24, 2.45) is 11.7 Å². The maximum atomic E-state index is 13.2. The molecule has 0 heterocycles. The second-order valence-corrected chi connectivity index (χ2v) is 4.80. The third-order valence-electron chi connectivity index (χ3n) is 3.59. The van der Waals surface area contributed by atoms with Crippen molar-refractivity contribution in [2.45, 2.75) is 37.9 Å². The minimum atomic E-state index is -4.49. The topological polar surface area (TPSA) is 26.0 Å². The van der Waals surface area contributed by atoms with Gasteiger partial charge in [0.15, 0.2) is 0 Å². The number of hydrogen-bond acceptors (Lipinski definition) is 1. The van der Waals surface area contributed by atoms with Gasteiger partial charge in [-0.3, -0.25) is 0 Å². The number of hydrogen-bond donors (Lipinski definition) is 1. The highest BCUT2D eigenvalue weighted by Crippen LogP contribution is 2.40. The molecule has 0 radical (unpaired) electrons. The van der Waals surface area contributed by atoms with Gasteiger partial charge in [-0.2, -0.15) is 13.2 Å². The Balaban J connectivity index is 0.00000180. The Morgan fingerprint density at radius 3 is 2.26 bits per heavy atom. The molecule has 0 aromatic heterocycles. The van der Waals surface area contributed by atoms with E-state index in [1.807, 2.05) is 0 Å². The molecule has 0 saturated heterocycles. The lowest BCUT2D eigenvalue weighted by Gasteiger charge is -2.23. The van der Waals surface area contributed by atoms with Crippen molar-refractivity contribution >= 4 is 12.4 Å². The highest BCUT2D eigenvalue weighted by Gasteiger charge is 2.36. The van der Waals surface area contributed by atoms with Gasteiger partial charge >= 0.3 is 6.18 Å². The Kier molecular flexibility index (Phi) is 5.21. The van der Waals surface area contributed by atoms with Crippen LogP contribution in [0.1, 0.15) is 42.9 Å². The SMILES string of the molecule is Cl.N[C@@H](c1cc(F)ccc1C(F)(F)F)C1CCCC1. The molecule has 1 saturated carbocycles. The summed E-state index contributed by atoms with van der Waals surface area (Å²) in [5.41, 5.74) is 4.97. The van der Waals surface area contributed by atoms with E-state index in [1.54, 1.807) is 0 Å². The summed E-state index contributed by atoms with van der Waals surface area (Å²) in [5, 5.41) is 0. The first-order valence-corrected chi connectivity index (χ1v) is 6.02. The van der Waals surface area contributed by atoms with Crippen LogP contribution < -0.4 is 5.73 Å².